The molecule has 4 fully saturated rings. The maximum absolute atomic E-state index is 13.3. The van der Waals surface area contributed by atoms with Gasteiger partial charge in [0.2, 0.25) is 0 Å². The molecule has 4 aliphatic rings. The van der Waals surface area contributed by atoms with E-state index in [1.165, 1.54) is 0 Å². The van der Waals surface area contributed by atoms with Crippen molar-refractivity contribution >= 4 is 5.78 Å². The van der Waals surface area contributed by atoms with Crippen molar-refractivity contribution in [2.75, 3.05) is 6.61 Å². The third-order valence-corrected chi connectivity index (χ3v) is 9.08. The first-order valence-electron chi connectivity index (χ1n) is 10.5. The number of aliphatic hydroxyl groups excluding tert-OH is 1. The van der Waals surface area contributed by atoms with Gasteiger partial charge in [0.15, 0.2) is 11.4 Å². The quantitative estimate of drug-likeness (QED) is 0.749. The van der Waals surface area contributed by atoms with Crippen molar-refractivity contribution in [3.8, 4) is 0 Å². The highest BCUT2D eigenvalue weighted by atomic mass is 19.4. The number of halogens is 3. The normalized spacial score (nSPS) is 49.9. The van der Waals surface area contributed by atoms with Gasteiger partial charge in [0, 0.05) is 5.92 Å². The van der Waals surface area contributed by atoms with Crippen molar-refractivity contribution in [2.45, 2.75) is 76.5 Å². The highest BCUT2D eigenvalue weighted by molar-refractivity contribution is 5.83. The monoisotopic (exact) mass is 388 g/mol. The lowest BCUT2D eigenvalue weighted by Gasteiger charge is -2.57. The lowest BCUT2D eigenvalue weighted by molar-refractivity contribution is -0.282. The molecule has 1 unspecified atom stereocenters. The largest absolute Gasteiger partial charge is 0.417 e. The highest BCUT2D eigenvalue weighted by Gasteiger charge is 2.62. The van der Waals surface area contributed by atoms with E-state index in [-0.39, 0.29) is 48.4 Å². The van der Waals surface area contributed by atoms with Crippen LogP contribution in [0.15, 0.2) is 0 Å². The summed E-state index contributed by atoms with van der Waals surface area (Å²) in [7, 11) is 0. The molecule has 0 heterocycles. The molecule has 0 spiro atoms. The molecule has 0 aromatic rings. The van der Waals surface area contributed by atoms with Crippen LogP contribution in [0.5, 0.6) is 0 Å². The van der Waals surface area contributed by atoms with Crippen LogP contribution >= 0.6 is 0 Å². The molecule has 4 aliphatic carbocycles. The molecule has 0 amide bonds. The summed E-state index contributed by atoms with van der Waals surface area (Å²) < 4.78 is 39.9. The Labute approximate surface area is 158 Å². The van der Waals surface area contributed by atoms with Gasteiger partial charge in [0.1, 0.15) is 6.61 Å². The summed E-state index contributed by atoms with van der Waals surface area (Å²) in [5.41, 5.74) is -2.56. The van der Waals surface area contributed by atoms with Crippen molar-refractivity contribution in [3.05, 3.63) is 0 Å². The Bertz CT molecular complexity index is 606. The van der Waals surface area contributed by atoms with Gasteiger partial charge in [-0.25, -0.2) is 0 Å². The summed E-state index contributed by atoms with van der Waals surface area (Å²) >= 11 is 0. The Kier molecular flexibility index (Phi) is 4.70. The predicted octanol–water partition coefficient (Wildman–Crippen LogP) is 4.11. The molecule has 4 saturated carbocycles. The fourth-order valence-electron chi connectivity index (χ4n) is 7.77. The first kappa shape index (κ1) is 19.7. The Hall–Kier alpha value is -0.620. The van der Waals surface area contributed by atoms with E-state index in [0.29, 0.717) is 24.2 Å². The van der Waals surface area contributed by atoms with Crippen LogP contribution in [0.3, 0.4) is 0 Å². The molecular weight excluding hydrogens is 357 g/mol. The highest BCUT2D eigenvalue weighted by Crippen LogP contribution is 2.65. The topological polar surface area (TPSA) is 57.5 Å². The van der Waals surface area contributed by atoms with Gasteiger partial charge in [-0.2, -0.15) is 13.2 Å². The molecular formula is C21H31F3O3. The molecule has 8 atom stereocenters. The average Bonchev–Trinajstić information content (AvgIpc) is 2.97. The van der Waals surface area contributed by atoms with Crippen LogP contribution in [-0.2, 0) is 4.79 Å². The number of carbonyl (C=O) groups is 1. The van der Waals surface area contributed by atoms with Crippen molar-refractivity contribution in [1.82, 2.24) is 0 Å². The van der Waals surface area contributed by atoms with Gasteiger partial charge in [-0.3, -0.25) is 4.79 Å². The fourth-order valence-corrected chi connectivity index (χ4v) is 7.77. The van der Waals surface area contributed by atoms with Crippen LogP contribution in [-0.4, -0.2) is 34.4 Å². The molecule has 2 N–H and O–H groups in total. The summed E-state index contributed by atoms with van der Waals surface area (Å²) in [5.74, 6) is 1.51. The molecule has 0 aromatic heterocycles. The predicted molar refractivity (Wildman–Crippen MR) is 93.7 cm³/mol. The second-order valence-corrected chi connectivity index (χ2v) is 10.0. The van der Waals surface area contributed by atoms with Gasteiger partial charge in [-0.05, 0) is 92.8 Å². The minimum absolute atomic E-state index is 0.0349. The summed E-state index contributed by atoms with van der Waals surface area (Å²) in [5, 5.41) is 19.5. The maximum Gasteiger partial charge on any atom is 0.417 e. The van der Waals surface area contributed by atoms with E-state index in [1.807, 2.05) is 0 Å². The van der Waals surface area contributed by atoms with Crippen molar-refractivity contribution in [3.63, 3.8) is 0 Å². The van der Waals surface area contributed by atoms with Gasteiger partial charge in [0.25, 0.3) is 0 Å². The number of hydrogen-bond acceptors (Lipinski definition) is 3. The van der Waals surface area contributed by atoms with Gasteiger partial charge in [0.05, 0.1) is 0 Å². The first-order chi connectivity index (χ1) is 12.6. The Morgan fingerprint density at radius 2 is 1.70 bits per heavy atom. The molecule has 0 aliphatic heterocycles. The van der Waals surface area contributed by atoms with Crippen molar-refractivity contribution in [2.24, 2.45) is 40.9 Å². The zero-order valence-corrected chi connectivity index (χ0v) is 16.0. The van der Waals surface area contributed by atoms with E-state index in [2.05, 4.69) is 6.92 Å². The van der Waals surface area contributed by atoms with Crippen LogP contribution in [0.2, 0.25) is 0 Å². The van der Waals surface area contributed by atoms with Crippen molar-refractivity contribution < 1.29 is 28.2 Å². The van der Waals surface area contributed by atoms with Crippen LogP contribution < -0.4 is 0 Å². The number of carbonyl (C=O) groups excluding carboxylic acids is 1. The second kappa shape index (κ2) is 6.45. The molecule has 0 aromatic carbocycles. The first-order valence-corrected chi connectivity index (χ1v) is 10.5. The van der Waals surface area contributed by atoms with Gasteiger partial charge < -0.3 is 10.2 Å². The molecule has 3 nitrogen and oxygen atoms in total. The molecule has 0 saturated heterocycles. The van der Waals surface area contributed by atoms with E-state index in [0.717, 1.165) is 38.5 Å². The molecule has 6 heteroatoms. The second-order valence-electron chi connectivity index (χ2n) is 10.0. The van der Waals surface area contributed by atoms with Crippen LogP contribution in [0.1, 0.15) is 64.7 Å². The Morgan fingerprint density at radius 1 is 1.00 bits per heavy atom. The van der Waals surface area contributed by atoms with Crippen LogP contribution in [0.4, 0.5) is 13.2 Å². The SMILES string of the molecule is C[C@]12CCC3[C@H]4CC[C@](O)(C(F)(F)F)C[C@H]4CC[C@H]3[C@@H]1CC[C@@H]2C(=O)CO. The number of hydrogen-bond donors (Lipinski definition) is 2. The number of ketones is 1. The molecule has 4 rings (SSSR count). The standard InChI is InChI=1S/C21H31F3O3/c1-19-8-6-14-13-7-9-20(27,21(22,23)24)10-12(13)2-3-15(14)16(19)4-5-17(19)18(26)11-25/h12-17,25,27H,2-11H2,1H3/t12-,13+,14?,15-,16+,17-,19+,20-/m1/s1. The smallest absolute Gasteiger partial charge is 0.389 e. The zero-order chi connectivity index (χ0) is 19.6. The minimum atomic E-state index is -4.54. The van der Waals surface area contributed by atoms with Gasteiger partial charge in [-0.15, -0.1) is 0 Å². The average molecular weight is 388 g/mol. The van der Waals surface area contributed by atoms with E-state index >= 15 is 0 Å². The van der Waals surface area contributed by atoms with E-state index in [9.17, 15) is 28.2 Å². The Morgan fingerprint density at radius 3 is 2.37 bits per heavy atom. The summed E-state index contributed by atoms with van der Waals surface area (Å²) in [6.45, 7) is 1.82. The zero-order valence-electron chi connectivity index (χ0n) is 16.0. The van der Waals surface area contributed by atoms with E-state index < -0.39 is 11.8 Å². The molecule has 154 valence electrons. The third kappa shape index (κ3) is 2.88. The Balaban J connectivity index is 1.52. The summed E-state index contributed by atoms with van der Waals surface area (Å²) in [4.78, 5) is 12.2. The lowest BCUT2D eigenvalue weighted by atomic mass is 9.49. The number of fused-ring (bicyclic) bond motifs is 5. The molecule has 0 bridgehead atoms. The molecule has 0 radical (unpaired) electrons. The van der Waals surface area contributed by atoms with Gasteiger partial charge in [-0.1, -0.05) is 6.92 Å². The molecule has 27 heavy (non-hydrogen) atoms. The van der Waals surface area contributed by atoms with Crippen LogP contribution in [0, 0.1) is 40.9 Å². The number of alkyl halides is 3. The summed E-state index contributed by atoms with van der Waals surface area (Å²) in [6, 6.07) is 0. The van der Waals surface area contributed by atoms with E-state index in [1.54, 1.807) is 0 Å². The van der Waals surface area contributed by atoms with Gasteiger partial charge >= 0.3 is 6.18 Å². The minimum Gasteiger partial charge on any atom is -0.389 e. The van der Waals surface area contributed by atoms with Crippen molar-refractivity contribution in [1.29, 1.82) is 0 Å². The maximum atomic E-state index is 13.3. The number of rotatable bonds is 2. The van der Waals surface area contributed by atoms with E-state index in [4.69, 9.17) is 0 Å². The lowest BCUT2D eigenvalue weighted by Crippen LogP contribution is -2.55. The summed E-state index contributed by atoms with van der Waals surface area (Å²) in [6.07, 6.45) is 1.03. The number of aliphatic hydroxyl groups is 2. The third-order valence-electron chi connectivity index (χ3n) is 9.08. The van der Waals surface area contributed by atoms with Crippen LogP contribution in [0.25, 0.3) is 0 Å². The fraction of sp³-hybridized carbons (Fsp3) is 0.952. The number of Topliss-reactive ketones (excluding diaryl/α,β-unsaturated/α-hetero) is 1.